The molecule has 168 valence electrons. The van der Waals surface area contributed by atoms with E-state index in [1.54, 1.807) is 13.8 Å². The molecule has 3 fully saturated rings. The molecule has 0 aliphatic heterocycles. The Morgan fingerprint density at radius 1 is 0.900 bits per heavy atom. The van der Waals surface area contributed by atoms with Crippen molar-refractivity contribution in [2.45, 2.75) is 106 Å². The highest BCUT2D eigenvalue weighted by Gasteiger charge is 2.67. The SMILES string of the molecule is CC(=O)O[C@H]1C[C@@H]2[C@@](C)(CC[C@@H]3C(C)(C)CCC[C@]23C)[C@@H]2CC=C(C(C)=O)C[C@]21C. The van der Waals surface area contributed by atoms with E-state index in [-0.39, 0.29) is 28.7 Å². The smallest absolute Gasteiger partial charge is 0.302 e. The van der Waals surface area contributed by atoms with Crippen LogP contribution in [0.2, 0.25) is 0 Å². The Morgan fingerprint density at radius 2 is 1.57 bits per heavy atom. The summed E-state index contributed by atoms with van der Waals surface area (Å²) in [6, 6.07) is 0. The van der Waals surface area contributed by atoms with Gasteiger partial charge in [0.25, 0.3) is 0 Å². The maximum absolute atomic E-state index is 12.2. The van der Waals surface area contributed by atoms with Gasteiger partial charge in [-0.3, -0.25) is 9.59 Å². The van der Waals surface area contributed by atoms with E-state index in [9.17, 15) is 9.59 Å². The van der Waals surface area contributed by atoms with Gasteiger partial charge in [-0.25, -0.2) is 0 Å². The van der Waals surface area contributed by atoms with Crippen molar-refractivity contribution in [3.05, 3.63) is 11.6 Å². The summed E-state index contributed by atoms with van der Waals surface area (Å²) < 4.78 is 6.08. The topological polar surface area (TPSA) is 43.4 Å². The monoisotopic (exact) mass is 414 g/mol. The minimum Gasteiger partial charge on any atom is -0.462 e. The summed E-state index contributed by atoms with van der Waals surface area (Å²) in [7, 11) is 0. The number of hydrogen-bond acceptors (Lipinski definition) is 3. The van der Waals surface area contributed by atoms with Gasteiger partial charge < -0.3 is 4.74 Å². The van der Waals surface area contributed by atoms with Crippen LogP contribution in [-0.4, -0.2) is 17.9 Å². The van der Waals surface area contributed by atoms with Crippen LogP contribution in [0.5, 0.6) is 0 Å². The molecule has 0 aromatic carbocycles. The zero-order valence-corrected chi connectivity index (χ0v) is 20.3. The lowest BCUT2D eigenvalue weighted by Crippen LogP contribution is -2.65. The Bertz CT molecular complexity index is 779. The molecule has 0 radical (unpaired) electrons. The Hall–Kier alpha value is -1.12. The van der Waals surface area contributed by atoms with Gasteiger partial charge in [-0.05, 0) is 91.4 Å². The molecular weight excluding hydrogens is 372 g/mol. The first-order valence-corrected chi connectivity index (χ1v) is 12.2. The molecule has 0 heterocycles. The summed E-state index contributed by atoms with van der Waals surface area (Å²) in [6.07, 6.45) is 11.3. The molecule has 0 aromatic rings. The quantitative estimate of drug-likeness (QED) is 0.484. The van der Waals surface area contributed by atoms with Gasteiger partial charge in [0.15, 0.2) is 5.78 Å². The third-order valence-corrected chi connectivity index (χ3v) is 10.5. The lowest BCUT2D eigenvalue weighted by Gasteiger charge is -2.70. The minimum atomic E-state index is -0.177. The molecule has 30 heavy (non-hydrogen) atoms. The van der Waals surface area contributed by atoms with Crippen molar-refractivity contribution in [3.63, 3.8) is 0 Å². The molecule has 3 heteroatoms. The van der Waals surface area contributed by atoms with Crippen LogP contribution >= 0.6 is 0 Å². The van der Waals surface area contributed by atoms with Gasteiger partial charge in [-0.15, -0.1) is 0 Å². The molecule has 0 amide bonds. The first-order chi connectivity index (χ1) is 13.8. The van der Waals surface area contributed by atoms with Crippen LogP contribution in [0.1, 0.15) is 99.8 Å². The number of allylic oxidation sites excluding steroid dienone is 2. The van der Waals surface area contributed by atoms with Gasteiger partial charge in [0.05, 0.1) is 0 Å². The molecule has 0 saturated heterocycles. The van der Waals surface area contributed by atoms with Crippen molar-refractivity contribution in [1.29, 1.82) is 0 Å². The second-order valence-corrected chi connectivity index (χ2v) is 12.6. The number of hydrogen-bond donors (Lipinski definition) is 0. The highest BCUT2D eigenvalue weighted by atomic mass is 16.5. The summed E-state index contributed by atoms with van der Waals surface area (Å²) in [5, 5.41) is 0. The minimum absolute atomic E-state index is 0.0956. The zero-order chi connectivity index (χ0) is 22.1. The molecule has 0 bridgehead atoms. The molecule has 4 aliphatic carbocycles. The molecule has 0 spiro atoms. The van der Waals surface area contributed by atoms with Gasteiger partial charge in [-0.2, -0.15) is 0 Å². The molecule has 7 atom stereocenters. The molecule has 4 rings (SSSR count). The summed E-state index contributed by atoms with van der Waals surface area (Å²) in [4.78, 5) is 24.4. The average Bonchev–Trinajstić information content (AvgIpc) is 2.61. The second-order valence-electron chi connectivity index (χ2n) is 12.6. The Morgan fingerprint density at radius 3 is 2.20 bits per heavy atom. The number of rotatable bonds is 2. The van der Waals surface area contributed by atoms with Crippen molar-refractivity contribution >= 4 is 11.8 Å². The van der Waals surface area contributed by atoms with Crippen LogP contribution < -0.4 is 0 Å². The van der Waals surface area contributed by atoms with E-state index in [1.165, 1.54) is 32.1 Å². The van der Waals surface area contributed by atoms with Crippen molar-refractivity contribution in [2.24, 2.45) is 39.4 Å². The predicted molar refractivity (Wildman–Crippen MR) is 120 cm³/mol. The number of carbonyl (C=O) groups is 2. The van der Waals surface area contributed by atoms with E-state index < -0.39 is 0 Å². The normalized spacial score (nSPS) is 47.2. The van der Waals surface area contributed by atoms with Gasteiger partial charge >= 0.3 is 5.97 Å². The number of carbonyl (C=O) groups excluding carboxylic acids is 2. The highest BCUT2D eigenvalue weighted by Crippen LogP contribution is 2.72. The van der Waals surface area contributed by atoms with Crippen LogP contribution in [0.3, 0.4) is 0 Å². The van der Waals surface area contributed by atoms with Crippen LogP contribution in [0.25, 0.3) is 0 Å². The van der Waals surface area contributed by atoms with E-state index in [1.807, 2.05) is 0 Å². The van der Waals surface area contributed by atoms with Crippen molar-refractivity contribution in [2.75, 3.05) is 0 Å². The number of fused-ring (bicyclic) bond motifs is 5. The fourth-order valence-electron chi connectivity index (χ4n) is 9.27. The van der Waals surface area contributed by atoms with E-state index in [0.717, 1.165) is 30.8 Å². The Labute approximate surface area is 183 Å². The maximum atomic E-state index is 12.2. The van der Waals surface area contributed by atoms with E-state index >= 15 is 0 Å². The molecule has 3 nitrogen and oxygen atoms in total. The van der Waals surface area contributed by atoms with Crippen LogP contribution in [0, 0.1) is 39.4 Å². The number of ether oxygens (including phenoxy) is 1. The zero-order valence-electron chi connectivity index (χ0n) is 20.3. The molecule has 3 saturated carbocycles. The molecule has 4 aliphatic rings. The number of ketones is 1. The fraction of sp³-hybridized carbons (Fsp3) is 0.852. The third kappa shape index (κ3) is 3.05. The maximum Gasteiger partial charge on any atom is 0.302 e. The Balaban J connectivity index is 1.80. The highest BCUT2D eigenvalue weighted by molar-refractivity contribution is 5.93. The lowest BCUT2D eigenvalue weighted by molar-refractivity contribution is -0.231. The standard InChI is InChI=1S/C27H42O3/c1-17(28)19-9-10-21-26(6)14-11-20-24(3,4)12-8-13-25(20,5)22(26)15-23(30-18(2)29)27(21,7)16-19/h9,20-23H,8,10-16H2,1-7H3/t20-,21+,22+,23+,25+,26+,27-/m1/s1. The summed E-state index contributed by atoms with van der Waals surface area (Å²) in [5.41, 5.74) is 1.72. The van der Waals surface area contributed by atoms with E-state index in [4.69, 9.17) is 4.74 Å². The third-order valence-electron chi connectivity index (χ3n) is 10.5. The van der Waals surface area contributed by atoms with Crippen LogP contribution in [0.4, 0.5) is 0 Å². The van der Waals surface area contributed by atoms with Gasteiger partial charge in [0, 0.05) is 12.3 Å². The van der Waals surface area contributed by atoms with E-state index in [2.05, 4.69) is 40.7 Å². The van der Waals surface area contributed by atoms with Crippen LogP contribution in [-0.2, 0) is 14.3 Å². The summed E-state index contributed by atoms with van der Waals surface area (Å²) in [5.74, 6) is 1.76. The van der Waals surface area contributed by atoms with Gasteiger partial charge in [0.2, 0.25) is 0 Å². The lowest BCUT2D eigenvalue weighted by atomic mass is 9.35. The summed E-state index contributed by atoms with van der Waals surface area (Å²) in [6.45, 7) is 15.6. The largest absolute Gasteiger partial charge is 0.462 e. The number of Topliss-reactive ketones (excluding diaryl/α,β-unsaturated/α-hetero) is 1. The van der Waals surface area contributed by atoms with Gasteiger partial charge in [0.1, 0.15) is 6.10 Å². The van der Waals surface area contributed by atoms with Gasteiger partial charge in [-0.1, -0.05) is 47.1 Å². The van der Waals surface area contributed by atoms with E-state index in [0.29, 0.717) is 22.7 Å². The Kier molecular flexibility index (Phi) is 5.11. The van der Waals surface area contributed by atoms with Crippen LogP contribution in [0.15, 0.2) is 11.6 Å². The predicted octanol–water partition coefficient (Wildman–Crippen LogP) is 6.50. The van der Waals surface area contributed by atoms with Crippen molar-refractivity contribution < 1.29 is 14.3 Å². The van der Waals surface area contributed by atoms with Crippen molar-refractivity contribution in [1.82, 2.24) is 0 Å². The molecular formula is C27H42O3. The second kappa shape index (κ2) is 6.94. The molecule has 0 aromatic heterocycles. The first kappa shape index (κ1) is 22.1. The molecule has 0 N–H and O–H groups in total. The first-order valence-electron chi connectivity index (χ1n) is 12.2. The fourth-order valence-corrected chi connectivity index (χ4v) is 9.27. The number of esters is 1. The summed E-state index contributed by atoms with van der Waals surface area (Å²) >= 11 is 0. The van der Waals surface area contributed by atoms with Crippen molar-refractivity contribution in [3.8, 4) is 0 Å². The molecule has 0 unspecified atom stereocenters. The average molecular weight is 415 g/mol.